The van der Waals surface area contributed by atoms with Crippen LogP contribution in [0.5, 0.6) is 0 Å². The van der Waals surface area contributed by atoms with Crippen molar-refractivity contribution in [2.24, 2.45) is 7.05 Å². The first-order chi connectivity index (χ1) is 11.6. The summed E-state index contributed by atoms with van der Waals surface area (Å²) in [4.78, 5) is 27.6. The summed E-state index contributed by atoms with van der Waals surface area (Å²) in [6.45, 7) is 1.89. The van der Waals surface area contributed by atoms with Crippen molar-refractivity contribution < 1.29 is 27.5 Å². The molecule has 2 heterocycles. The van der Waals surface area contributed by atoms with Gasteiger partial charge in [0.25, 0.3) is 5.91 Å². The molecule has 0 aromatic carbocycles. The van der Waals surface area contributed by atoms with E-state index in [0.29, 0.717) is 5.69 Å². The minimum Gasteiger partial charge on any atom is -0.466 e. The van der Waals surface area contributed by atoms with Crippen LogP contribution in [0.1, 0.15) is 28.8 Å². The van der Waals surface area contributed by atoms with Gasteiger partial charge in [-0.05, 0) is 6.92 Å². The Hall–Kier alpha value is -2.14. The Labute approximate surface area is 148 Å². The minimum atomic E-state index is -4.78. The van der Waals surface area contributed by atoms with Crippen molar-refractivity contribution >= 4 is 39.9 Å². The largest absolute Gasteiger partial charge is 0.466 e. The summed E-state index contributed by atoms with van der Waals surface area (Å²) < 4.78 is 43.8. The summed E-state index contributed by atoms with van der Waals surface area (Å²) in [6.07, 6.45) is -4.85. The number of anilines is 1. The maximum atomic E-state index is 12.8. The molecule has 0 aliphatic heterocycles. The summed E-state index contributed by atoms with van der Waals surface area (Å²) in [7, 11) is 1.17. The van der Waals surface area contributed by atoms with Gasteiger partial charge in [-0.15, -0.1) is 11.3 Å². The number of esters is 1. The highest BCUT2D eigenvalue weighted by Gasteiger charge is 2.39. The maximum absolute atomic E-state index is 12.8. The molecule has 0 aliphatic rings. The number of ether oxygens (including phenoxy) is 1. The molecule has 0 aliphatic carbocycles. The van der Waals surface area contributed by atoms with E-state index in [1.54, 1.807) is 6.92 Å². The number of aromatic nitrogens is 3. The molecule has 2 rings (SSSR count). The fraction of sp³-hybridized carbons (Fsp3) is 0.385. The molecule has 7 nitrogen and oxygen atoms in total. The molecule has 0 saturated heterocycles. The van der Waals surface area contributed by atoms with Crippen molar-refractivity contribution in [2.75, 3.05) is 11.9 Å². The summed E-state index contributed by atoms with van der Waals surface area (Å²) >= 11 is 6.65. The molecule has 0 bridgehead atoms. The Balaban J connectivity index is 2.15. The number of halogens is 4. The van der Waals surface area contributed by atoms with E-state index in [4.69, 9.17) is 16.3 Å². The minimum absolute atomic E-state index is 0.0785. The van der Waals surface area contributed by atoms with Gasteiger partial charge < -0.3 is 4.74 Å². The molecule has 0 saturated carbocycles. The highest BCUT2D eigenvalue weighted by Crippen LogP contribution is 2.35. The van der Waals surface area contributed by atoms with Gasteiger partial charge in [0.2, 0.25) is 0 Å². The van der Waals surface area contributed by atoms with E-state index in [1.807, 2.05) is 0 Å². The van der Waals surface area contributed by atoms with Crippen molar-refractivity contribution in [1.82, 2.24) is 14.8 Å². The molecule has 1 amide bonds. The van der Waals surface area contributed by atoms with E-state index < -0.39 is 34.5 Å². The standard InChI is InChI=1S/C13H12ClF3N4O3S/c1-3-24-7(22)4-6-5-25-12(18-6)19-11(23)9-8(14)10(13(15,16)17)20-21(9)2/h5H,3-4H2,1-2H3,(H,18,19,23). The lowest BCUT2D eigenvalue weighted by molar-refractivity contribution is -0.142. The molecule has 0 fully saturated rings. The number of carbonyl (C=O) groups is 2. The van der Waals surface area contributed by atoms with Gasteiger partial charge in [0.15, 0.2) is 10.8 Å². The predicted molar refractivity (Wildman–Crippen MR) is 83.6 cm³/mol. The molecular formula is C13H12ClF3N4O3S. The normalized spacial score (nSPS) is 11.4. The Kier molecular flexibility index (Phi) is 5.68. The smallest absolute Gasteiger partial charge is 0.436 e. The van der Waals surface area contributed by atoms with Crippen molar-refractivity contribution in [3.05, 3.63) is 27.5 Å². The molecule has 0 spiro atoms. The molecule has 0 atom stereocenters. The SMILES string of the molecule is CCOC(=O)Cc1csc(NC(=O)c2c(Cl)c(C(F)(F)F)nn2C)n1. The number of thiazole rings is 1. The zero-order valence-electron chi connectivity index (χ0n) is 13.0. The van der Waals surface area contributed by atoms with Crippen molar-refractivity contribution in [1.29, 1.82) is 0 Å². The van der Waals surface area contributed by atoms with Crippen LogP contribution >= 0.6 is 22.9 Å². The van der Waals surface area contributed by atoms with Crippen molar-refractivity contribution in [2.45, 2.75) is 19.5 Å². The first-order valence-corrected chi connectivity index (χ1v) is 8.10. The highest BCUT2D eigenvalue weighted by atomic mass is 35.5. The first kappa shape index (κ1) is 19.2. The Morgan fingerprint density at radius 1 is 1.44 bits per heavy atom. The number of aryl methyl sites for hydroxylation is 1. The van der Waals surface area contributed by atoms with Gasteiger partial charge in [-0.3, -0.25) is 19.6 Å². The Morgan fingerprint density at radius 3 is 2.68 bits per heavy atom. The molecular weight excluding hydrogens is 385 g/mol. The molecule has 0 radical (unpaired) electrons. The van der Waals surface area contributed by atoms with E-state index in [1.165, 1.54) is 12.4 Å². The third-order valence-electron chi connectivity index (χ3n) is 2.88. The van der Waals surface area contributed by atoms with Crippen LogP contribution in [0.15, 0.2) is 5.38 Å². The van der Waals surface area contributed by atoms with Gasteiger partial charge in [-0.25, -0.2) is 4.98 Å². The fourth-order valence-electron chi connectivity index (χ4n) is 1.89. The summed E-state index contributed by atoms with van der Waals surface area (Å²) in [5, 5.41) is 6.40. The van der Waals surface area contributed by atoms with Gasteiger partial charge >= 0.3 is 12.1 Å². The van der Waals surface area contributed by atoms with E-state index in [0.717, 1.165) is 16.0 Å². The van der Waals surface area contributed by atoms with E-state index in [9.17, 15) is 22.8 Å². The second kappa shape index (κ2) is 7.40. The number of nitrogens with one attached hydrogen (secondary N) is 1. The second-order valence-corrected chi connectivity index (χ2v) is 5.95. The molecule has 136 valence electrons. The van der Waals surface area contributed by atoms with Crippen LogP contribution in [0.25, 0.3) is 0 Å². The highest BCUT2D eigenvalue weighted by molar-refractivity contribution is 7.14. The second-order valence-electron chi connectivity index (χ2n) is 4.71. The average Bonchev–Trinajstić information content (AvgIpc) is 3.02. The lowest BCUT2D eigenvalue weighted by atomic mass is 10.3. The third kappa shape index (κ3) is 4.48. The van der Waals surface area contributed by atoms with Gasteiger partial charge in [-0.2, -0.15) is 18.3 Å². The maximum Gasteiger partial charge on any atom is 0.436 e. The summed E-state index contributed by atoms with van der Waals surface area (Å²) in [5.74, 6) is -1.37. The van der Waals surface area contributed by atoms with Crippen LogP contribution in [0.4, 0.5) is 18.3 Å². The van der Waals surface area contributed by atoms with Gasteiger partial charge in [0.1, 0.15) is 10.7 Å². The van der Waals surface area contributed by atoms with E-state index in [-0.39, 0.29) is 18.2 Å². The van der Waals surface area contributed by atoms with Gasteiger partial charge in [-0.1, -0.05) is 11.6 Å². The molecule has 12 heteroatoms. The van der Waals surface area contributed by atoms with Crippen molar-refractivity contribution in [3.8, 4) is 0 Å². The lowest BCUT2D eigenvalue weighted by Gasteiger charge is -2.03. The monoisotopic (exact) mass is 396 g/mol. The zero-order chi connectivity index (χ0) is 18.8. The van der Waals surface area contributed by atoms with Gasteiger partial charge in [0, 0.05) is 12.4 Å². The van der Waals surface area contributed by atoms with Crippen LogP contribution in [0, 0.1) is 0 Å². The van der Waals surface area contributed by atoms with Crippen LogP contribution in [0.2, 0.25) is 5.02 Å². The first-order valence-electron chi connectivity index (χ1n) is 6.84. The number of rotatable bonds is 5. The summed E-state index contributed by atoms with van der Waals surface area (Å²) in [6, 6.07) is 0. The quantitative estimate of drug-likeness (QED) is 0.785. The van der Waals surface area contributed by atoms with Crippen molar-refractivity contribution in [3.63, 3.8) is 0 Å². The number of hydrogen-bond acceptors (Lipinski definition) is 6. The molecule has 2 aromatic rings. The van der Waals surface area contributed by atoms with E-state index >= 15 is 0 Å². The zero-order valence-corrected chi connectivity index (χ0v) is 14.6. The number of nitrogens with zero attached hydrogens (tertiary/aromatic N) is 3. The number of carbonyl (C=O) groups excluding carboxylic acids is 2. The van der Waals surface area contributed by atoms with Crippen LogP contribution in [-0.2, 0) is 29.2 Å². The Bertz CT molecular complexity index is 803. The predicted octanol–water partition coefficient (Wildman–Crippen LogP) is 2.91. The Morgan fingerprint density at radius 2 is 2.12 bits per heavy atom. The topological polar surface area (TPSA) is 86.1 Å². The number of hydrogen-bond donors (Lipinski definition) is 1. The molecule has 2 aromatic heterocycles. The molecule has 25 heavy (non-hydrogen) atoms. The van der Waals surface area contributed by atoms with Crippen LogP contribution in [0.3, 0.4) is 0 Å². The van der Waals surface area contributed by atoms with Crippen LogP contribution < -0.4 is 5.32 Å². The number of amides is 1. The molecule has 1 N–H and O–H groups in total. The lowest BCUT2D eigenvalue weighted by Crippen LogP contribution is -2.16. The molecule has 0 unspecified atom stereocenters. The van der Waals surface area contributed by atoms with Crippen LogP contribution in [-0.4, -0.2) is 33.2 Å². The number of alkyl halides is 3. The van der Waals surface area contributed by atoms with E-state index in [2.05, 4.69) is 15.4 Å². The third-order valence-corrected chi connectivity index (χ3v) is 4.04. The summed E-state index contributed by atoms with van der Waals surface area (Å²) in [5.41, 5.74) is -1.43. The average molecular weight is 397 g/mol. The van der Waals surface area contributed by atoms with Gasteiger partial charge in [0.05, 0.1) is 18.7 Å². The fourth-order valence-corrected chi connectivity index (χ4v) is 2.95.